The lowest BCUT2D eigenvalue weighted by atomic mass is 10.0. The normalized spacial score (nSPS) is 14.3. The molecule has 3 heterocycles. The van der Waals surface area contributed by atoms with E-state index < -0.39 is 5.82 Å². The van der Waals surface area contributed by atoms with Gasteiger partial charge in [-0.15, -0.1) is 0 Å². The Morgan fingerprint density at radius 1 is 1.17 bits per heavy atom. The Hall–Kier alpha value is -3.10. The Balaban J connectivity index is 1.45. The first-order valence-electron chi connectivity index (χ1n) is 9.47. The molecule has 0 unspecified atom stereocenters. The Kier molecular flexibility index (Phi) is 6.15. The molecule has 1 aliphatic rings. The lowest BCUT2D eigenvalue weighted by molar-refractivity contribution is 0.122. The third kappa shape index (κ3) is 4.55. The fourth-order valence-electron chi connectivity index (χ4n) is 3.19. The van der Waals surface area contributed by atoms with Gasteiger partial charge in [-0.25, -0.2) is 14.8 Å². The van der Waals surface area contributed by atoms with Crippen LogP contribution in [-0.4, -0.2) is 47.5 Å². The summed E-state index contributed by atoms with van der Waals surface area (Å²) >= 11 is 6.32. The Bertz CT molecular complexity index is 1030. The molecule has 4 rings (SSSR count). The SMILES string of the molecule is Cc1cccc(Cl)c1-c1ccc(/C=N\Nc2ncc(F)c(N3CCOCC3)n2)nc1. The highest BCUT2D eigenvalue weighted by molar-refractivity contribution is 6.33. The topological polar surface area (TPSA) is 75.5 Å². The summed E-state index contributed by atoms with van der Waals surface area (Å²) in [4.78, 5) is 14.4. The number of benzene rings is 1. The van der Waals surface area contributed by atoms with Crippen molar-refractivity contribution >= 4 is 29.6 Å². The lowest BCUT2D eigenvalue weighted by Gasteiger charge is -2.27. The molecule has 0 aliphatic carbocycles. The third-order valence-electron chi connectivity index (χ3n) is 4.69. The number of aromatic nitrogens is 3. The zero-order valence-corrected chi connectivity index (χ0v) is 17.1. The van der Waals surface area contributed by atoms with Gasteiger partial charge in [0.05, 0.1) is 31.3 Å². The third-order valence-corrected chi connectivity index (χ3v) is 5.01. The molecule has 0 radical (unpaired) electrons. The standard InChI is InChI=1S/C21H20ClFN6O/c1-14-3-2-4-17(22)19(14)15-5-6-16(24-11-15)12-26-28-21-25-13-18(23)20(27-21)29-7-9-30-10-8-29/h2-6,11-13H,7-10H2,1H3,(H,25,27,28)/b26-12-. The Labute approximate surface area is 178 Å². The van der Waals surface area contributed by atoms with Crippen LogP contribution in [0.1, 0.15) is 11.3 Å². The lowest BCUT2D eigenvalue weighted by Crippen LogP contribution is -2.37. The van der Waals surface area contributed by atoms with Gasteiger partial charge >= 0.3 is 0 Å². The first-order chi connectivity index (χ1) is 14.6. The van der Waals surface area contributed by atoms with E-state index in [1.165, 1.54) is 0 Å². The number of anilines is 2. The van der Waals surface area contributed by atoms with E-state index in [9.17, 15) is 4.39 Å². The molecule has 1 saturated heterocycles. The van der Waals surface area contributed by atoms with Crippen molar-refractivity contribution in [3.05, 3.63) is 64.8 Å². The second-order valence-electron chi connectivity index (χ2n) is 6.74. The first kappa shape index (κ1) is 20.2. The molecule has 0 amide bonds. The molecular weight excluding hydrogens is 407 g/mol. The van der Waals surface area contributed by atoms with Crippen LogP contribution in [0.4, 0.5) is 16.2 Å². The predicted octanol–water partition coefficient (Wildman–Crippen LogP) is 3.92. The van der Waals surface area contributed by atoms with Crippen LogP contribution < -0.4 is 10.3 Å². The monoisotopic (exact) mass is 426 g/mol. The quantitative estimate of drug-likeness (QED) is 0.492. The van der Waals surface area contributed by atoms with Crippen LogP contribution in [0.3, 0.4) is 0 Å². The van der Waals surface area contributed by atoms with E-state index in [0.717, 1.165) is 22.9 Å². The number of aryl methyl sites for hydroxylation is 1. The van der Waals surface area contributed by atoms with Crippen molar-refractivity contribution < 1.29 is 9.13 Å². The molecule has 154 valence electrons. The first-order valence-corrected chi connectivity index (χ1v) is 9.85. The smallest absolute Gasteiger partial charge is 0.245 e. The number of hydrogen-bond acceptors (Lipinski definition) is 7. The fourth-order valence-corrected chi connectivity index (χ4v) is 3.52. The van der Waals surface area contributed by atoms with Gasteiger partial charge in [0.2, 0.25) is 5.95 Å². The number of nitrogens with one attached hydrogen (secondary N) is 1. The van der Waals surface area contributed by atoms with Crippen molar-refractivity contribution in [2.24, 2.45) is 5.10 Å². The van der Waals surface area contributed by atoms with Crippen LogP contribution in [0, 0.1) is 12.7 Å². The zero-order valence-electron chi connectivity index (χ0n) is 16.3. The maximum absolute atomic E-state index is 14.1. The summed E-state index contributed by atoms with van der Waals surface area (Å²) in [5.41, 5.74) is 6.34. The van der Waals surface area contributed by atoms with Crippen molar-refractivity contribution in [3.8, 4) is 11.1 Å². The molecular formula is C21H20ClFN6O. The van der Waals surface area contributed by atoms with E-state index >= 15 is 0 Å². The summed E-state index contributed by atoms with van der Waals surface area (Å²) in [6.07, 6.45) is 4.43. The van der Waals surface area contributed by atoms with Crippen LogP contribution in [-0.2, 0) is 4.74 Å². The minimum absolute atomic E-state index is 0.206. The minimum Gasteiger partial charge on any atom is -0.378 e. The van der Waals surface area contributed by atoms with Crippen molar-refractivity contribution in [1.82, 2.24) is 15.0 Å². The predicted molar refractivity (Wildman–Crippen MR) is 116 cm³/mol. The van der Waals surface area contributed by atoms with Gasteiger partial charge in [0, 0.05) is 35.4 Å². The van der Waals surface area contributed by atoms with Gasteiger partial charge in [0.15, 0.2) is 11.6 Å². The molecule has 0 bridgehead atoms. The number of hydrazone groups is 1. The summed E-state index contributed by atoms with van der Waals surface area (Å²) in [6.45, 7) is 4.25. The number of pyridine rings is 1. The molecule has 1 fully saturated rings. The molecule has 1 aliphatic heterocycles. The second kappa shape index (κ2) is 9.15. The number of ether oxygens (including phenoxy) is 1. The van der Waals surface area contributed by atoms with Gasteiger partial charge in [0.1, 0.15) is 0 Å². The largest absolute Gasteiger partial charge is 0.378 e. The van der Waals surface area contributed by atoms with Crippen molar-refractivity contribution in [2.45, 2.75) is 6.92 Å². The number of nitrogens with zero attached hydrogens (tertiary/aromatic N) is 5. The van der Waals surface area contributed by atoms with Crippen LogP contribution in [0.2, 0.25) is 5.02 Å². The maximum Gasteiger partial charge on any atom is 0.245 e. The number of rotatable bonds is 5. The van der Waals surface area contributed by atoms with E-state index in [1.54, 1.807) is 12.4 Å². The molecule has 30 heavy (non-hydrogen) atoms. The Morgan fingerprint density at radius 2 is 2.00 bits per heavy atom. The van der Waals surface area contributed by atoms with Crippen LogP contribution >= 0.6 is 11.6 Å². The number of hydrogen-bond donors (Lipinski definition) is 1. The highest BCUT2D eigenvalue weighted by atomic mass is 35.5. The molecule has 2 aromatic heterocycles. The molecule has 9 heteroatoms. The molecule has 0 saturated carbocycles. The van der Waals surface area contributed by atoms with Gasteiger partial charge in [-0.05, 0) is 24.6 Å². The van der Waals surface area contributed by atoms with Crippen LogP contribution in [0.5, 0.6) is 0 Å². The maximum atomic E-state index is 14.1. The second-order valence-corrected chi connectivity index (χ2v) is 7.15. The van der Waals surface area contributed by atoms with Crippen molar-refractivity contribution in [2.75, 3.05) is 36.6 Å². The molecule has 7 nitrogen and oxygen atoms in total. The Morgan fingerprint density at radius 3 is 2.73 bits per heavy atom. The average Bonchev–Trinajstić information content (AvgIpc) is 2.76. The van der Waals surface area contributed by atoms with E-state index in [2.05, 4.69) is 25.5 Å². The van der Waals surface area contributed by atoms with Gasteiger partial charge in [-0.1, -0.05) is 29.8 Å². The van der Waals surface area contributed by atoms with Crippen LogP contribution in [0.25, 0.3) is 11.1 Å². The molecule has 1 aromatic carbocycles. The average molecular weight is 427 g/mol. The van der Waals surface area contributed by atoms with E-state index in [4.69, 9.17) is 16.3 Å². The molecule has 3 aromatic rings. The van der Waals surface area contributed by atoms with E-state index in [-0.39, 0.29) is 11.8 Å². The summed E-state index contributed by atoms with van der Waals surface area (Å²) < 4.78 is 19.4. The number of morpholine rings is 1. The summed E-state index contributed by atoms with van der Waals surface area (Å²) in [7, 11) is 0. The van der Waals surface area contributed by atoms with E-state index in [1.807, 2.05) is 42.2 Å². The van der Waals surface area contributed by atoms with Gasteiger partial charge in [-0.3, -0.25) is 4.98 Å². The van der Waals surface area contributed by atoms with Gasteiger partial charge in [0.25, 0.3) is 0 Å². The van der Waals surface area contributed by atoms with Gasteiger partial charge in [-0.2, -0.15) is 10.1 Å². The van der Waals surface area contributed by atoms with Crippen molar-refractivity contribution in [3.63, 3.8) is 0 Å². The number of halogens is 2. The van der Waals surface area contributed by atoms with Gasteiger partial charge < -0.3 is 9.64 Å². The summed E-state index contributed by atoms with van der Waals surface area (Å²) in [5.74, 6) is -0.0282. The fraction of sp³-hybridized carbons (Fsp3) is 0.238. The summed E-state index contributed by atoms with van der Waals surface area (Å²) in [6, 6.07) is 9.57. The summed E-state index contributed by atoms with van der Waals surface area (Å²) in [5, 5.41) is 4.80. The molecule has 0 atom stereocenters. The van der Waals surface area contributed by atoms with E-state index in [0.29, 0.717) is 37.0 Å². The van der Waals surface area contributed by atoms with Crippen LogP contribution in [0.15, 0.2) is 47.8 Å². The highest BCUT2D eigenvalue weighted by Crippen LogP contribution is 2.30. The molecule has 0 spiro atoms. The minimum atomic E-state index is -0.474. The zero-order chi connectivity index (χ0) is 20.9. The van der Waals surface area contributed by atoms with Crippen molar-refractivity contribution in [1.29, 1.82) is 0 Å². The highest BCUT2D eigenvalue weighted by Gasteiger charge is 2.17. The molecule has 1 N–H and O–H groups in total.